The van der Waals surface area contributed by atoms with Gasteiger partial charge in [0, 0.05) is 19.2 Å². The average molecular weight is 411 g/mol. The smallest absolute Gasteiger partial charge is 0.415 e. The van der Waals surface area contributed by atoms with E-state index in [1.807, 2.05) is 0 Å². The van der Waals surface area contributed by atoms with Crippen LogP contribution in [0.1, 0.15) is 15.9 Å². The lowest BCUT2D eigenvalue weighted by Gasteiger charge is -2.25. The van der Waals surface area contributed by atoms with Gasteiger partial charge >= 0.3 is 6.09 Å². The average Bonchev–Trinajstić information content (AvgIpc) is 3.08. The quantitative estimate of drug-likeness (QED) is 0.715. The Morgan fingerprint density at radius 3 is 2.53 bits per heavy atom. The highest BCUT2D eigenvalue weighted by Crippen LogP contribution is 2.36. The van der Waals surface area contributed by atoms with Gasteiger partial charge in [-0.1, -0.05) is 6.07 Å². The first-order valence-electron chi connectivity index (χ1n) is 9.44. The number of amides is 1. The maximum Gasteiger partial charge on any atom is 0.415 e. The van der Waals surface area contributed by atoms with Gasteiger partial charge in [0.15, 0.2) is 17.3 Å². The van der Waals surface area contributed by atoms with Crippen molar-refractivity contribution in [3.8, 4) is 23.0 Å². The molecule has 30 heavy (non-hydrogen) atoms. The standard InChI is InChI=1S/C22H21NO7/c1-26-17-6-3-14(11-19(17)27-2)12-20-21(24)16-5-4-15(13-18(16)30-20)29-22(25)23-7-9-28-10-8-23/h3-6,11-13H,7-10H2,1-2H3/b20-12-. The number of fused-ring (bicyclic) bond motifs is 1. The zero-order valence-corrected chi connectivity index (χ0v) is 16.7. The van der Waals surface area contributed by atoms with E-state index < -0.39 is 6.09 Å². The minimum absolute atomic E-state index is 0.175. The second-order valence-electron chi connectivity index (χ2n) is 6.68. The van der Waals surface area contributed by atoms with Crippen LogP contribution in [0.5, 0.6) is 23.0 Å². The van der Waals surface area contributed by atoms with Gasteiger partial charge < -0.3 is 28.6 Å². The largest absolute Gasteiger partial charge is 0.493 e. The van der Waals surface area contributed by atoms with Crippen LogP contribution in [0.4, 0.5) is 4.79 Å². The summed E-state index contributed by atoms with van der Waals surface area (Å²) in [5.74, 6) is 1.73. The van der Waals surface area contributed by atoms with Crippen molar-refractivity contribution in [1.29, 1.82) is 0 Å². The molecule has 0 spiro atoms. The number of benzene rings is 2. The molecule has 2 aromatic carbocycles. The third-order valence-electron chi connectivity index (χ3n) is 4.82. The molecule has 0 radical (unpaired) electrons. The summed E-state index contributed by atoms with van der Waals surface area (Å²) in [5, 5.41) is 0. The fourth-order valence-electron chi connectivity index (χ4n) is 3.24. The third kappa shape index (κ3) is 3.95. The lowest BCUT2D eigenvalue weighted by Crippen LogP contribution is -2.42. The second-order valence-corrected chi connectivity index (χ2v) is 6.68. The first kappa shape index (κ1) is 19.8. The summed E-state index contributed by atoms with van der Waals surface area (Å²) in [7, 11) is 3.10. The summed E-state index contributed by atoms with van der Waals surface area (Å²) < 4.78 is 26.9. The molecule has 0 N–H and O–H groups in total. The van der Waals surface area contributed by atoms with E-state index in [1.54, 1.807) is 61.6 Å². The predicted molar refractivity (Wildman–Crippen MR) is 107 cm³/mol. The third-order valence-corrected chi connectivity index (χ3v) is 4.82. The second kappa shape index (κ2) is 8.46. The molecule has 156 valence electrons. The van der Waals surface area contributed by atoms with Crippen molar-refractivity contribution in [3.63, 3.8) is 0 Å². The number of methoxy groups -OCH3 is 2. The number of rotatable bonds is 4. The van der Waals surface area contributed by atoms with Crippen LogP contribution in [0, 0.1) is 0 Å². The van der Waals surface area contributed by atoms with E-state index in [4.69, 9.17) is 23.7 Å². The molecule has 2 heterocycles. The highest BCUT2D eigenvalue weighted by atomic mass is 16.6. The van der Waals surface area contributed by atoms with Crippen LogP contribution in [0.3, 0.4) is 0 Å². The molecule has 0 aromatic heterocycles. The number of carbonyl (C=O) groups excluding carboxylic acids is 2. The molecule has 8 heteroatoms. The predicted octanol–water partition coefficient (Wildman–Crippen LogP) is 3.15. The zero-order valence-electron chi connectivity index (χ0n) is 16.7. The monoisotopic (exact) mass is 411 g/mol. The fraction of sp³-hybridized carbons (Fsp3) is 0.273. The lowest BCUT2D eigenvalue weighted by molar-refractivity contribution is 0.0416. The Balaban J connectivity index is 1.51. The van der Waals surface area contributed by atoms with Crippen molar-refractivity contribution < 1.29 is 33.3 Å². The summed E-state index contributed by atoms with van der Waals surface area (Å²) >= 11 is 0. The zero-order chi connectivity index (χ0) is 21.1. The van der Waals surface area contributed by atoms with Gasteiger partial charge in [0.2, 0.25) is 5.78 Å². The molecular weight excluding hydrogens is 390 g/mol. The Morgan fingerprint density at radius 2 is 1.80 bits per heavy atom. The number of ether oxygens (including phenoxy) is 5. The minimum Gasteiger partial charge on any atom is -0.493 e. The topological polar surface area (TPSA) is 83.5 Å². The van der Waals surface area contributed by atoms with Crippen LogP contribution < -0.4 is 18.9 Å². The van der Waals surface area contributed by atoms with E-state index in [0.29, 0.717) is 54.9 Å². The molecule has 2 aromatic rings. The van der Waals surface area contributed by atoms with Crippen LogP contribution in [0.25, 0.3) is 6.08 Å². The molecule has 0 saturated carbocycles. The number of nitrogens with zero attached hydrogens (tertiary/aromatic N) is 1. The van der Waals surface area contributed by atoms with Crippen molar-refractivity contribution in [3.05, 3.63) is 53.3 Å². The molecule has 0 atom stereocenters. The SMILES string of the molecule is COc1ccc(/C=C2\Oc3cc(OC(=O)N4CCOCC4)ccc3C2=O)cc1OC. The van der Waals surface area contributed by atoms with E-state index in [0.717, 1.165) is 5.56 Å². The van der Waals surface area contributed by atoms with Crippen LogP contribution >= 0.6 is 0 Å². The first-order valence-corrected chi connectivity index (χ1v) is 9.44. The molecule has 2 aliphatic rings. The molecule has 2 aliphatic heterocycles. The van der Waals surface area contributed by atoms with E-state index in [9.17, 15) is 9.59 Å². The molecular formula is C22H21NO7. The maximum atomic E-state index is 12.7. The van der Waals surface area contributed by atoms with Gasteiger partial charge in [-0.25, -0.2) is 4.79 Å². The van der Waals surface area contributed by atoms with Crippen LogP contribution in [0.15, 0.2) is 42.2 Å². The molecule has 1 fully saturated rings. The van der Waals surface area contributed by atoms with E-state index >= 15 is 0 Å². The number of hydrogen-bond acceptors (Lipinski definition) is 7. The summed E-state index contributed by atoms with van der Waals surface area (Å²) in [6.45, 7) is 1.94. The molecule has 0 bridgehead atoms. The Kier molecular flexibility index (Phi) is 5.58. The molecule has 8 nitrogen and oxygen atoms in total. The van der Waals surface area contributed by atoms with Gasteiger partial charge in [-0.2, -0.15) is 0 Å². The van der Waals surface area contributed by atoms with Gasteiger partial charge in [-0.15, -0.1) is 0 Å². The number of hydrogen-bond donors (Lipinski definition) is 0. The Bertz CT molecular complexity index is 1010. The maximum absolute atomic E-state index is 12.7. The molecule has 0 aliphatic carbocycles. The Hall–Kier alpha value is -3.52. The Morgan fingerprint density at radius 1 is 1.03 bits per heavy atom. The first-order chi connectivity index (χ1) is 14.6. The van der Waals surface area contributed by atoms with E-state index in [1.165, 1.54) is 0 Å². The van der Waals surface area contributed by atoms with Crippen molar-refractivity contribution in [2.45, 2.75) is 0 Å². The summed E-state index contributed by atoms with van der Waals surface area (Å²) in [6.07, 6.45) is 1.17. The van der Waals surface area contributed by atoms with Gasteiger partial charge in [0.05, 0.1) is 33.0 Å². The van der Waals surface area contributed by atoms with Gasteiger partial charge in [-0.3, -0.25) is 4.79 Å². The van der Waals surface area contributed by atoms with Crippen molar-refractivity contribution in [2.24, 2.45) is 0 Å². The van der Waals surface area contributed by atoms with Gasteiger partial charge in [-0.05, 0) is 35.9 Å². The molecule has 1 saturated heterocycles. The minimum atomic E-state index is -0.455. The van der Waals surface area contributed by atoms with E-state index in [-0.39, 0.29) is 11.5 Å². The number of Topliss-reactive ketones (excluding diaryl/α,β-unsaturated/α-hetero) is 1. The lowest BCUT2D eigenvalue weighted by atomic mass is 10.1. The van der Waals surface area contributed by atoms with Crippen LogP contribution in [-0.4, -0.2) is 57.3 Å². The highest BCUT2D eigenvalue weighted by Gasteiger charge is 2.28. The summed E-state index contributed by atoms with van der Waals surface area (Å²) in [6, 6.07) is 10.0. The number of ketones is 1. The highest BCUT2D eigenvalue weighted by molar-refractivity contribution is 6.14. The van der Waals surface area contributed by atoms with Crippen molar-refractivity contribution in [2.75, 3.05) is 40.5 Å². The van der Waals surface area contributed by atoms with Gasteiger partial charge in [0.25, 0.3) is 0 Å². The number of carbonyl (C=O) groups is 2. The van der Waals surface area contributed by atoms with Crippen LogP contribution in [0.2, 0.25) is 0 Å². The Labute approximate surface area is 173 Å². The number of morpholine rings is 1. The van der Waals surface area contributed by atoms with E-state index in [2.05, 4.69) is 0 Å². The van der Waals surface area contributed by atoms with Gasteiger partial charge in [0.1, 0.15) is 11.5 Å². The summed E-state index contributed by atoms with van der Waals surface area (Å²) in [4.78, 5) is 26.5. The number of allylic oxidation sites excluding steroid dienone is 1. The molecule has 1 amide bonds. The van der Waals surface area contributed by atoms with Crippen molar-refractivity contribution >= 4 is 18.0 Å². The summed E-state index contributed by atoms with van der Waals surface area (Å²) in [5.41, 5.74) is 1.13. The molecule has 0 unspecified atom stereocenters. The van der Waals surface area contributed by atoms with Crippen LogP contribution in [-0.2, 0) is 4.74 Å². The normalized spacial score (nSPS) is 16.8. The van der Waals surface area contributed by atoms with Crippen molar-refractivity contribution in [1.82, 2.24) is 4.90 Å². The fourth-order valence-corrected chi connectivity index (χ4v) is 3.24. The molecule has 4 rings (SSSR count).